The van der Waals surface area contributed by atoms with E-state index in [0.29, 0.717) is 0 Å². The van der Waals surface area contributed by atoms with E-state index >= 15 is 0 Å². The van der Waals surface area contributed by atoms with Crippen LogP contribution in [0, 0.1) is 5.92 Å². The molecule has 0 spiro atoms. The molecule has 0 N–H and O–H groups in total. The van der Waals surface area contributed by atoms with Crippen molar-refractivity contribution in [3.05, 3.63) is 97.2 Å². The maximum Gasteiger partial charge on any atom is 0.0544 e. The lowest BCUT2D eigenvalue weighted by molar-refractivity contribution is 0.993. The standard InChI is InChI=1S/C24H23N/c1-5-18(4)24(25-17(2)3)21-15-13-20(14-16-21)23-12-8-10-19-9-6-7-11-22(19)23/h5-16,18H,1-2H2,3-4H3/b25-24+. The van der Waals surface area contributed by atoms with Crippen molar-refractivity contribution in [2.45, 2.75) is 13.8 Å². The van der Waals surface area contributed by atoms with Gasteiger partial charge in [0.05, 0.1) is 5.71 Å². The maximum atomic E-state index is 4.62. The normalized spacial score (nSPS) is 12.8. The summed E-state index contributed by atoms with van der Waals surface area (Å²) >= 11 is 0. The van der Waals surface area contributed by atoms with Crippen LogP contribution in [0.3, 0.4) is 0 Å². The summed E-state index contributed by atoms with van der Waals surface area (Å²) in [5.41, 5.74) is 5.38. The first-order chi connectivity index (χ1) is 12.1. The Morgan fingerprint density at radius 2 is 1.64 bits per heavy atom. The van der Waals surface area contributed by atoms with Crippen LogP contribution >= 0.6 is 0 Å². The van der Waals surface area contributed by atoms with Crippen molar-refractivity contribution in [1.29, 1.82) is 0 Å². The first-order valence-corrected chi connectivity index (χ1v) is 8.55. The van der Waals surface area contributed by atoms with Crippen molar-refractivity contribution in [3.63, 3.8) is 0 Å². The fraction of sp³-hybridized carbons (Fsp3) is 0.125. The molecule has 0 aliphatic heterocycles. The van der Waals surface area contributed by atoms with Crippen molar-refractivity contribution >= 4 is 16.5 Å². The van der Waals surface area contributed by atoms with Gasteiger partial charge >= 0.3 is 0 Å². The Bertz CT molecular complexity index is 940. The minimum atomic E-state index is 0.181. The molecule has 0 aromatic heterocycles. The Morgan fingerprint density at radius 3 is 2.32 bits per heavy atom. The van der Waals surface area contributed by atoms with E-state index in [1.165, 1.54) is 21.9 Å². The molecule has 3 rings (SSSR count). The van der Waals surface area contributed by atoms with E-state index < -0.39 is 0 Å². The van der Waals surface area contributed by atoms with Gasteiger partial charge in [0.25, 0.3) is 0 Å². The van der Waals surface area contributed by atoms with Crippen LogP contribution in [0.4, 0.5) is 0 Å². The van der Waals surface area contributed by atoms with Gasteiger partial charge in [0, 0.05) is 11.6 Å². The van der Waals surface area contributed by atoms with E-state index in [4.69, 9.17) is 0 Å². The summed E-state index contributed by atoms with van der Waals surface area (Å²) in [6, 6.07) is 23.5. The molecule has 0 amide bonds. The molecular weight excluding hydrogens is 302 g/mol. The number of rotatable bonds is 5. The number of hydrogen-bond donors (Lipinski definition) is 0. The zero-order valence-corrected chi connectivity index (χ0v) is 14.9. The molecule has 3 aromatic carbocycles. The molecule has 124 valence electrons. The second kappa shape index (κ2) is 7.31. The van der Waals surface area contributed by atoms with Crippen LogP contribution < -0.4 is 0 Å². The van der Waals surface area contributed by atoms with Gasteiger partial charge in [0.1, 0.15) is 0 Å². The summed E-state index contributed by atoms with van der Waals surface area (Å²) in [6.07, 6.45) is 1.92. The van der Waals surface area contributed by atoms with Gasteiger partial charge in [0.15, 0.2) is 0 Å². The lowest BCUT2D eigenvalue weighted by Gasteiger charge is -2.13. The van der Waals surface area contributed by atoms with Crippen molar-refractivity contribution in [1.82, 2.24) is 0 Å². The number of aliphatic imine (C=N–C) groups is 1. The quantitative estimate of drug-likeness (QED) is 0.368. The molecule has 0 saturated heterocycles. The van der Waals surface area contributed by atoms with Gasteiger partial charge in [0.2, 0.25) is 0 Å². The lowest BCUT2D eigenvalue weighted by atomic mass is 9.94. The van der Waals surface area contributed by atoms with Crippen LogP contribution in [0.5, 0.6) is 0 Å². The number of hydrogen-bond acceptors (Lipinski definition) is 1. The molecule has 0 fully saturated rings. The largest absolute Gasteiger partial charge is 0.258 e. The third kappa shape index (κ3) is 3.61. The van der Waals surface area contributed by atoms with E-state index in [1.807, 2.05) is 13.0 Å². The van der Waals surface area contributed by atoms with Crippen molar-refractivity contribution in [3.8, 4) is 11.1 Å². The smallest absolute Gasteiger partial charge is 0.0544 e. The molecular formula is C24H23N. The highest BCUT2D eigenvalue weighted by atomic mass is 14.7. The fourth-order valence-electron chi connectivity index (χ4n) is 3.04. The second-order valence-electron chi connectivity index (χ2n) is 6.36. The molecule has 1 atom stereocenters. The third-order valence-corrected chi connectivity index (χ3v) is 4.38. The Morgan fingerprint density at radius 1 is 0.960 bits per heavy atom. The van der Waals surface area contributed by atoms with Gasteiger partial charge in [-0.3, -0.25) is 4.99 Å². The van der Waals surface area contributed by atoms with Crippen LogP contribution in [0.15, 0.2) is 96.7 Å². The first kappa shape index (κ1) is 16.9. The van der Waals surface area contributed by atoms with Crippen LogP contribution in [-0.4, -0.2) is 5.71 Å². The van der Waals surface area contributed by atoms with E-state index in [-0.39, 0.29) is 5.92 Å². The van der Waals surface area contributed by atoms with Gasteiger partial charge in [-0.2, -0.15) is 0 Å². The molecule has 0 radical (unpaired) electrons. The molecule has 25 heavy (non-hydrogen) atoms. The minimum Gasteiger partial charge on any atom is -0.258 e. The lowest BCUT2D eigenvalue weighted by Crippen LogP contribution is -2.10. The van der Waals surface area contributed by atoms with E-state index in [2.05, 4.69) is 91.8 Å². The van der Waals surface area contributed by atoms with Gasteiger partial charge in [-0.15, -0.1) is 6.58 Å². The molecule has 1 nitrogen and oxygen atoms in total. The Labute approximate surface area is 150 Å². The van der Waals surface area contributed by atoms with Gasteiger partial charge in [-0.25, -0.2) is 0 Å². The summed E-state index contributed by atoms with van der Waals surface area (Å²) < 4.78 is 0. The number of allylic oxidation sites excluding steroid dienone is 2. The summed E-state index contributed by atoms with van der Waals surface area (Å²) in [4.78, 5) is 4.62. The van der Waals surface area contributed by atoms with E-state index in [0.717, 1.165) is 17.0 Å². The third-order valence-electron chi connectivity index (χ3n) is 4.38. The molecule has 1 heteroatoms. The highest BCUT2D eigenvalue weighted by Crippen LogP contribution is 2.29. The predicted molar refractivity (Wildman–Crippen MR) is 110 cm³/mol. The van der Waals surface area contributed by atoms with Crippen LogP contribution in [-0.2, 0) is 0 Å². The molecule has 3 aromatic rings. The van der Waals surface area contributed by atoms with Gasteiger partial charge in [-0.1, -0.05) is 86.3 Å². The average Bonchev–Trinajstić information content (AvgIpc) is 2.65. The second-order valence-corrected chi connectivity index (χ2v) is 6.36. The summed E-state index contributed by atoms with van der Waals surface area (Å²) in [5, 5.41) is 2.53. The topological polar surface area (TPSA) is 12.4 Å². The monoisotopic (exact) mass is 325 g/mol. The number of nitrogens with zero attached hydrogens (tertiary/aromatic N) is 1. The average molecular weight is 325 g/mol. The molecule has 0 aliphatic rings. The summed E-state index contributed by atoms with van der Waals surface area (Å²) in [5.74, 6) is 0.181. The summed E-state index contributed by atoms with van der Waals surface area (Å²) in [6.45, 7) is 11.8. The Balaban J connectivity index is 2.04. The van der Waals surface area contributed by atoms with Gasteiger partial charge < -0.3 is 0 Å². The summed E-state index contributed by atoms with van der Waals surface area (Å²) in [7, 11) is 0. The van der Waals surface area contributed by atoms with Gasteiger partial charge in [-0.05, 0) is 34.4 Å². The van der Waals surface area contributed by atoms with E-state index in [9.17, 15) is 0 Å². The van der Waals surface area contributed by atoms with Crippen LogP contribution in [0.1, 0.15) is 19.4 Å². The predicted octanol–water partition coefficient (Wildman–Crippen LogP) is 6.65. The van der Waals surface area contributed by atoms with Crippen molar-refractivity contribution < 1.29 is 0 Å². The Kier molecular flexibility index (Phi) is 4.95. The molecule has 0 heterocycles. The Hall–Kier alpha value is -2.93. The zero-order valence-electron chi connectivity index (χ0n) is 14.9. The van der Waals surface area contributed by atoms with Crippen LogP contribution in [0.25, 0.3) is 21.9 Å². The minimum absolute atomic E-state index is 0.181. The fourth-order valence-corrected chi connectivity index (χ4v) is 3.04. The highest BCUT2D eigenvalue weighted by Gasteiger charge is 2.11. The first-order valence-electron chi connectivity index (χ1n) is 8.55. The van der Waals surface area contributed by atoms with Crippen LogP contribution in [0.2, 0.25) is 0 Å². The molecule has 1 unspecified atom stereocenters. The molecule has 0 saturated carbocycles. The number of fused-ring (bicyclic) bond motifs is 1. The molecule has 0 bridgehead atoms. The number of benzene rings is 3. The maximum absolute atomic E-state index is 4.62. The highest BCUT2D eigenvalue weighted by molar-refractivity contribution is 6.04. The van der Waals surface area contributed by atoms with Crippen molar-refractivity contribution in [2.24, 2.45) is 10.9 Å². The molecule has 0 aliphatic carbocycles. The van der Waals surface area contributed by atoms with E-state index in [1.54, 1.807) is 0 Å². The SMILES string of the molecule is C=CC(C)/C(=N\C(=C)C)c1ccc(-c2cccc3ccccc23)cc1. The zero-order chi connectivity index (χ0) is 17.8. The van der Waals surface area contributed by atoms with Crippen molar-refractivity contribution in [2.75, 3.05) is 0 Å².